The lowest BCUT2D eigenvalue weighted by Gasteiger charge is -2.09. The van der Waals surface area contributed by atoms with Gasteiger partial charge in [-0.25, -0.2) is 0 Å². The molecule has 5 heteroatoms. The van der Waals surface area contributed by atoms with Crippen molar-refractivity contribution in [3.05, 3.63) is 63.8 Å². The van der Waals surface area contributed by atoms with Crippen molar-refractivity contribution < 1.29 is 4.79 Å². The van der Waals surface area contributed by atoms with Gasteiger partial charge in [-0.05, 0) is 41.5 Å². The summed E-state index contributed by atoms with van der Waals surface area (Å²) in [6.45, 7) is 1.76. The molecule has 3 aromatic rings. The molecule has 1 amide bonds. The molecular weight excluding hydrogens is 342 g/mol. The summed E-state index contributed by atoms with van der Waals surface area (Å²) in [6.07, 6.45) is 1.84. The number of carbonyl (C=O) groups is 1. The number of benzene rings is 2. The topological polar surface area (TPSA) is 56.9 Å². The van der Waals surface area contributed by atoms with Crippen molar-refractivity contribution in [3.63, 3.8) is 0 Å². The minimum absolute atomic E-state index is 0.100. The maximum Gasteiger partial charge on any atom is 0.256 e. The lowest BCUT2D eigenvalue weighted by Crippen LogP contribution is -2.12. The Morgan fingerprint density at radius 2 is 1.95 bits per heavy atom. The molecule has 0 saturated carbocycles. The number of fused-ring (bicyclic) bond motifs is 2. The SMILES string of the molecule is O=C(Nc1ccc2c(c1)CNC2)c1cc(Br)cc2[nH]ccc12. The Morgan fingerprint density at radius 1 is 1.09 bits per heavy atom. The number of rotatable bonds is 2. The second kappa shape index (κ2) is 5.26. The van der Waals surface area contributed by atoms with E-state index in [2.05, 4.69) is 37.6 Å². The lowest BCUT2D eigenvalue weighted by molar-refractivity contribution is 0.102. The van der Waals surface area contributed by atoms with Crippen molar-refractivity contribution in [1.29, 1.82) is 0 Å². The van der Waals surface area contributed by atoms with E-state index in [1.807, 2.05) is 36.5 Å². The van der Waals surface area contributed by atoms with Gasteiger partial charge in [0.05, 0.1) is 5.56 Å². The molecule has 0 saturated heterocycles. The molecule has 1 aliphatic rings. The Hall–Kier alpha value is -2.11. The first kappa shape index (κ1) is 13.5. The average Bonchev–Trinajstić information content (AvgIpc) is 3.13. The van der Waals surface area contributed by atoms with Crippen LogP contribution in [-0.4, -0.2) is 10.9 Å². The average molecular weight is 356 g/mol. The number of hydrogen-bond donors (Lipinski definition) is 3. The van der Waals surface area contributed by atoms with E-state index in [0.717, 1.165) is 34.2 Å². The zero-order chi connectivity index (χ0) is 15.1. The predicted molar refractivity (Wildman–Crippen MR) is 90.9 cm³/mol. The van der Waals surface area contributed by atoms with Crippen LogP contribution in [0.4, 0.5) is 5.69 Å². The van der Waals surface area contributed by atoms with Crippen LogP contribution in [0.3, 0.4) is 0 Å². The summed E-state index contributed by atoms with van der Waals surface area (Å²) in [5, 5.41) is 7.22. The highest BCUT2D eigenvalue weighted by Crippen LogP contribution is 2.25. The molecule has 0 bridgehead atoms. The fraction of sp³-hybridized carbons (Fsp3) is 0.118. The predicted octanol–water partition coefficient (Wildman–Crippen LogP) is 3.79. The van der Waals surface area contributed by atoms with Crippen molar-refractivity contribution in [1.82, 2.24) is 10.3 Å². The smallest absolute Gasteiger partial charge is 0.256 e. The standard InChI is InChI=1S/C17H14BrN3O/c18-12-6-15(14-3-4-20-16(14)7-12)17(22)21-13-2-1-10-8-19-9-11(10)5-13/h1-7,19-20H,8-9H2,(H,21,22). The molecule has 22 heavy (non-hydrogen) atoms. The number of aromatic amines is 1. The number of carbonyl (C=O) groups excluding carboxylic acids is 1. The minimum Gasteiger partial charge on any atom is -0.361 e. The summed E-state index contributed by atoms with van der Waals surface area (Å²) >= 11 is 3.45. The number of anilines is 1. The van der Waals surface area contributed by atoms with Gasteiger partial charge in [0.1, 0.15) is 0 Å². The molecule has 0 atom stereocenters. The molecule has 1 aromatic heterocycles. The first-order chi connectivity index (χ1) is 10.7. The van der Waals surface area contributed by atoms with Crippen LogP contribution < -0.4 is 10.6 Å². The monoisotopic (exact) mass is 355 g/mol. The Labute approximate surface area is 136 Å². The van der Waals surface area contributed by atoms with E-state index in [1.165, 1.54) is 11.1 Å². The normalized spacial score (nSPS) is 13.3. The first-order valence-corrected chi connectivity index (χ1v) is 7.90. The van der Waals surface area contributed by atoms with Gasteiger partial charge in [-0.3, -0.25) is 4.79 Å². The van der Waals surface area contributed by atoms with Crippen molar-refractivity contribution in [3.8, 4) is 0 Å². The van der Waals surface area contributed by atoms with Crippen LogP contribution in [0.1, 0.15) is 21.5 Å². The Kier molecular flexibility index (Phi) is 3.24. The Bertz CT molecular complexity index is 885. The molecule has 4 nitrogen and oxygen atoms in total. The molecular formula is C17H14BrN3O. The van der Waals surface area contributed by atoms with Gasteiger partial charge in [-0.1, -0.05) is 22.0 Å². The highest BCUT2D eigenvalue weighted by Gasteiger charge is 2.14. The van der Waals surface area contributed by atoms with E-state index in [0.29, 0.717) is 5.56 Å². The maximum atomic E-state index is 12.6. The van der Waals surface area contributed by atoms with Crippen LogP contribution in [0.25, 0.3) is 10.9 Å². The summed E-state index contributed by atoms with van der Waals surface area (Å²) in [7, 11) is 0. The minimum atomic E-state index is -0.100. The highest BCUT2D eigenvalue weighted by atomic mass is 79.9. The zero-order valence-electron chi connectivity index (χ0n) is 11.7. The summed E-state index contributed by atoms with van der Waals surface area (Å²) in [5.41, 5.74) is 4.98. The molecule has 4 rings (SSSR count). The molecule has 0 aliphatic carbocycles. The highest BCUT2D eigenvalue weighted by molar-refractivity contribution is 9.10. The number of nitrogens with one attached hydrogen (secondary N) is 3. The van der Waals surface area contributed by atoms with Crippen LogP contribution in [0.5, 0.6) is 0 Å². The number of amides is 1. The van der Waals surface area contributed by atoms with E-state index >= 15 is 0 Å². The van der Waals surface area contributed by atoms with E-state index in [-0.39, 0.29) is 5.91 Å². The number of H-pyrrole nitrogens is 1. The third-order valence-corrected chi connectivity index (χ3v) is 4.43. The molecule has 2 aromatic carbocycles. The van der Waals surface area contributed by atoms with Crippen LogP contribution in [0, 0.1) is 0 Å². The van der Waals surface area contributed by atoms with Crippen molar-refractivity contribution in [2.24, 2.45) is 0 Å². The van der Waals surface area contributed by atoms with E-state index in [9.17, 15) is 4.79 Å². The Morgan fingerprint density at radius 3 is 2.86 bits per heavy atom. The van der Waals surface area contributed by atoms with Crippen LogP contribution in [0.15, 0.2) is 47.1 Å². The van der Waals surface area contributed by atoms with E-state index < -0.39 is 0 Å². The largest absolute Gasteiger partial charge is 0.361 e. The molecule has 0 unspecified atom stereocenters. The third-order valence-electron chi connectivity index (χ3n) is 3.97. The maximum absolute atomic E-state index is 12.6. The molecule has 1 aliphatic heterocycles. The molecule has 2 heterocycles. The number of aromatic nitrogens is 1. The van der Waals surface area contributed by atoms with Crippen LogP contribution >= 0.6 is 15.9 Å². The van der Waals surface area contributed by atoms with Crippen LogP contribution in [0.2, 0.25) is 0 Å². The van der Waals surface area contributed by atoms with Crippen molar-refractivity contribution >= 4 is 38.4 Å². The van der Waals surface area contributed by atoms with E-state index in [4.69, 9.17) is 0 Å². The van der Waals surface area contributed by atoms with Gasteiger partial charge in [0.25, 0.3) is 5.91 Å². The fourth-order valence-corrected chi connectivity index (χ4v) is 3.35. The number of halogens is 1. The summed E-state index contributed by atoms with van der Waals surface area (Å²) in [6, 6.07) is 11.8. The van der Waals surface area contributed by atoms with E-state index in [1.54, 1.807) is 0 Å². The quantitative estimate of drug-likeness (QED) is 0.655. The van der Waals surface area contributed by atoms with Gasteiger partial charge in [0.2, 0.25) is 0 Å². The molecule has 3 N–H and O–H groups in total. The zero-order valence-corrected chi connectivity index (χ0v) is 13.3. The molecule has 0 fully saturated rings. The third kappa shape index (κ3) is 2.32. The van der Waals surface area contributed by atoms with Gasteiger partial charge >= 0.3 is 0 Å². The number of hydrogen-bond acceptors (Lipinski definition) is 2. The molecule has 110 valence electrons. The van der Waals surface area contributed by atoms with Gasteiger partial charge in [0, 0.05) is 40.3 Å². The lowest BCUT2D eigenvalue weighted by atomic mass is 10.1. The van der Waals surface area contributed by atoms with Gasteiger partial charge < -0.3 is 15.6 Å². The molecule has 0 radical (unpaired) electrons. The van der Waals surface area contributed by atoms with Crippen molar-refractivity contribution in [2.75, 3.05) is 5.32 Å². The Balaban J connectivity index is 1.68. The second-order valence-corrected chi connectivity index (χ2v) is 6.35. The summed E-state index contributed by atoms with van der Waals surface area (Å²) in [5.74, 6) is -0.100. The summed E-state index contributed by atoms with van der Waals surface area (Å²) in [4.78, 5) is 15.8. The van der Waals surface area contributed by atoms with Gasteiger partial charge in [-0.2, -0.15) is 0 Å². The van der Waals surface area contributed by atoms with Gasteiger partial charge in [0.15, 0.2) is 0 Å². The first-order valence-electron chi connectivity index (χ1n) is 7.11. The summed E-state index contributed by atoms with van der Waals surface area (Å²) < 4.78 is 0.880. The molecule has 0 spiro atoms. The second-order valence-electron chi connectivity index (χ2n) is 5.43. The fourth-order valence-electron chi connectivity index (χ4n) is 2.89. The van der Waals surface area contributed by atoms with Crippen molar-refractivity contribution in [2.45, 2.75) is 13.1 Å². The van der Waals surface area contributed by atoms with Crippen LogP contribution in [-0.2, 0) is 13.1 Å². The van der Waals surface area contributed by atoms with Gasteiger partial charge in [-0.15, -0.1) is 0 Å².